The SMILES string of the molecule is Cc1cnc(Nc2ccc(C(=O)N3CCNCC3)cc2)nc1N. The Morgan fingerprint density at radius 2 is 1.96 bits per heavy atom. The smallest absolute Gasteiger partial charge is 0.253 e. The summed E-state index contributed by atoms with van der Waals surface area (Å²) in [6.07, 6.45) is 1.67. The molecule has 4 N–H and O–H groups in total. The maximum Gasteiger partial charge on any atom is 0.253 e. The summed E-state index contributed by atoms with van der Waals surface area (Å²) in [6, 6.07) is 7.30. The molecule has 3 rings (SSSR count). The number of aryl methyl sites for hydroxylation is 1. The third-order valence-corrected chi connectivity index (χ3v) is 3.80. The molecule has 1 aromatic carbocycles. The molecule has 7 nitrogen and oxygen atoms in total. The maximum atomic E-state index is 12.4. The molecule has 0 radical (unpaired) electrons. The first-order chi connectivity index (χ1) is 11.1. The number of nitrogens with zero attached hydrogens (tertiary/aromatic N) is 3. The second kappa shape index (κ2) is 6.62. The Morgan fingerprint density at radius 3 is 2.61 bits per heavy atom. The van der Waals surface area contributed by atoms with E-state index < -0.39 is 0 Å². The van der Waals surface area contributed by atoms with Crippen molar-refractivity contribution in [3.63, 3.8) is 0 Å². The number of carbonyl (C=O) groups excluding carboxylic acids is 1. The number of nitrogens with two attached hydrogens (primary N) is 1. The first-order valence-electron chi connectivity index (χ1n) is 7.60. The number of nitrogens with one attached hydrogen (secondary N) is 2. The zero-order valence-electron chi connectivity index (χ0n) is 13.0. The van der Waals surface area contributed by atoms with E-state index in [0.717, 1.165) is 37.4 Å². The number of aromatic nitrogens is 2. The summed E-state index contributed by atoms with van der Waals surface area (Å²) in [7, 11) is 0. The monoisotopic (exact) mass is 312 g/mol. The topological polar surface area (TPSA) is 96.2 Å². The first-order valence-corrected chi connectivity index (χ1v) is 7.60. The van der Waals surface area contributed by atoms with E-state index in [-0.39, 0.29) is 5.91 Å². The molecule has 2 heterocycles. The van der Waals surface area contributed by atoms with Gasteiger partial charge in [-0.1, -0.05) is 0 Å². The van der Waals surface area contributed by atoms with Gasteiger partial charge in [0.15, 0.2) is 0 Å². The van der Waals surface area contributed by atoms with Crippen LogP contribution in [-0.2, 0) is 0 Å². The Hall–Kier alpha value is -2.67. The number of piperazine rings is 1. The lowest BCUT2D eigenvalue weighted by Gasteiger charge is -2.27. The van der Waals surface area contributed by atoms with Crippen molar-refractivity contribution in [2.75, 3.05) is 37.2 Å². The Bertz CT molecular complexity index is 694. The Balaban J connectivity index is 1.68. The molecule has 1 fully saturated rings. The minimum atomic E-state index is 0.0638. The predicted octanol–water partition coefficient (Wildman–Crippen LogP) is 1.16. The van der Waals surface area contributed by atoms with Crippen LogP contribution in [0.2, 0.25) is 0 Å². The fourth-order valence-corrected chi connectivity index (χ4v) is 2.39. The molecular formula is C16H20N6O. The number of nitrogen functional groups attached to an aromatic ring is 1. The van der Waals surface area contributed by atoms with Gasteiger partial charge in [-0.05, 0) is 31.2 Å². The standard InChI is InChI=1S/C16H20N6O/c1-11-10-19-16(21-14(11)17)20-13-4-2-12(3-5-13)15(23)22-8-6-18-7-9-22/h2-5,10,18H,6-9H2,1H3,(H3,17,19,20,21). The van der Waals surface area contributed by atoms with Gasteiger partial charge < -0.3 is 21.3 Å². The van der Waals surface area contributed by atoms with Crippen molar-refractivity contribution in [1.29, 1.82) is 0 Å². The molecule has 1 aliphatic heterocycles. The second-order valence-corrected chi connectivity index (χ2v) is 5.51. The van der Waals surface area contributed by atoms with E-state index in [1.54, 1.807) is 6.20 Å². The third kappa shape index (κ3) is 3.57. The van der Waals surface area contributed by atoms with Gasteiger partial charge in [-0.15, -0.1) is 0 Å². The number of anilines is 3. The summed E-state index contributed by atoms with van der Waals surface area (Å²) >= 11 is 0. The summed E-state index contributed by atoms with van der Waals surface area (Å²) in [5.74, 6) is 0.955. The number of amides is 1. The normalized spacial score (nSPS) is 14.6. The third-order valence-electron chi connectivity index (χ3n) is 3.80. The lowest BCUT2D eigenvalue weighted by atomic mass is 10.1. The molecular weight excluding hydrogens is 292 g/mol. The van der Waals surface area contributed by atoms with E-state index >= 15 is 0 Å². The minimum absolute atomic E-state index is 0.0638. The summed E-state index contributed by atoms with van der Waals surface area (Å²) < 4.78 is 0. The van der Waals surface area contributed by atoms with Gasteiger partial charge in [-0.25, -0.2) is 4.98 Å². The van der Waals surface area contributed by atoms with Crippen molar-refractivity contribution in [2.45, 2.75) is 6.92 Å². The van der Waals surface area contributed by atoms with Crippen LogP contribution in [-0.4, -0.2) is 47.0 Å². The van der Waals surface area contributed by atoms with Crippen LogP contribution >= 0.6 is 0 Å². The van der Waals surface area contributed by atoms with E-state index in [4.69, 9.17) is 5.73 Å². The molecule has 23 heavy (non-hydrogen) atoms. The highest BCUT2D eigenvalue weighted by molar-refractivity contribution is 5.94. The fourth-order valence-electron chi connectivity index (χ4n) is 2.39. The van der Waals surface area contributed by atoms with Gasteiger partial charge in [0, 0.05) is 49.2 Å². The molecule has 0 aliphatic carbocycles. The molecule has 0 atom stereocenters. The van der Waals surface area contributed by atoms with Gasteiger partial charge in [0.05, 0.1) is 0 Å². The lowest BCUT2D eigenvalue weighted by Crippen LogP contribution is -2.46. The molecule has 0 unspecified atom stereocenters. The van der Waals surface area contributed by atoms with Crippen LogP contribution < -0.4 is 16.4 Å². The highest BCUT2D eigenvalue weighted by Gasteiger charge is 2.17. The zero-order valence-corrected chi connectivity index (χ0v) is 13.0. The molecule has 1 aliphatic rings. The van der Waals surface area contributed by atoms with Crippen LogP contribution in [0.15, 0.2) is 30.5 Å². The molecule has 120 valence electrons. The number of benzene rings is 1. The summed E-state index contributed by atoms with van der Waals surface area (Å²) in [4.78, 5) is 22.6. The minimum Gasteiger partial charge on any atom is -0.383 e. The largest absolute Gasteiger partial charge is 0.383 e. The zero-order chi connectivity index (χ0) is 16.2. The molecule has 1 amide bonds. The highest BCUT2D eigenvalue weighted by Crippen LogP contribution is 2.17. The molecule has 0 bridgehead atoms. The van der Waals surface area contributed by atoms with E-state index in [2.05, 4.69) is 20.6 Å². The number of carbonyl (C=O) groups is 1. The quantitative estimate of drug-likeness (QED) is 0.787. The van der Waals surface area contributed by atoms with Gasteiger partial charge in [-0.3, -0.25) is 4.79 Å². The molecule has 1 saturated heterocycles. The van der Waals surface area contributed by atoms with E-state index in [1.807, 2.05) is 36.1 Å². The van der Waals surface area contributed by atoms with Gasteiger partial charge in [0.2, 0.25) is 5.95 Å². The number of hydrogen-bond donors (Lipinski definition) is 3. The van der Waals surface area contributed by atoms with Crippen LogP contribution in [0.1, 0.15) is 15.9 Å². The van der Waals surface area contributed by atoms with Crippen molar-refractivity contribution in [1.82, 2.24) is 20.2 Å². The molecule has 1 aromatic heterocycles. The van der Waals surface area contributed by atoms with Crippen molar-refractivity contribution in [2.24, 2.45) is 0 Å². The van der Waals surface area contributed by atoms with Crippen LogP contribution in [0.25, 0.3) is 0 Å². The highest BCUT2D eigenvalue weighted by atomic mass is 16.2. The Morgan fingerprint density at radius 1 is 1.26 bits per heavy atom. The Kier molecular flexibility index (Phi) is 4.38. The van der Waals surface area contributed by atoms with Crippen LogP contribution in [0, 0.1) is 6.92 Å². The van der Waals surface area contributed by atoms with Gasteiger partial charge in [0.1, 0.15) is 5.82 Å². The van der Waals surface area contributed by atoms with Gasteiger partial charge in [0.25, 0.3) is 5.91 Å². The average Bonchev–Trinajstić information content (AvgIpc) is 2.59. The van der Waals surface area contributed by atoms with Crippen LogP contribution in [0.4, 0.5) is 17.5 Å². The van der Waals surface area contributed by atoms with Crippen molar-refractivity contribution in [3.8, 4) is 0 Å². The van der Waals surface area contributed by atoms with E-state index in [9.17, 15) is 4.79 Å². The van der Waals surface area contributed by atoms with Crippen molar-refractivity contribution < 1.29 is 4.79 Å². The number of rotatable bonds is 3. The van der Waals surface area contributed by atoms with Crippen molar-refractivity contribution in [3.05, 3.63) is 41.6 Å². The maximum absolute atomic E-state index is 12.4. The predicted molar refractivity (Wildman–Crippen MR) is 89.7 cm³/mol. The number of hydrogen-bond acceptors (Lipinski definition) is 6. The fraction of sp³-hybridized carbons (Fsp3) is 0.312. The molecule has 2 aromatic rings. The first kappa shape index (κ1) is 15.2. The van der Waals surface area contributed by atoms with E-state index in [1.165, 1.54) is 0 Å². The Labute approximate surface area is 134 Å². The second-order valence-electron chi connectivity index (χ2n) is 5.51. The summed E-state index contributed by atoms with van der Waals surface area (Å²) in [5.41, 5.74) is 8.11. The molecule has 0 spiro atoms. The summed E-state index contributed by atoms with van der Waals surface area (Å²) in [6.45, 7) is 5.04. The van der Waals surface area contributed by atoms with Gasteiger partial charge >= 0.3 is 0 Å². The van der Waals surface area contributed by atoms with Crippen molar-refractivity contribution >= 4 is 23.4 Å². The summed E-state index contributed by atoms with van der Waals surface area (Å²) in [5, 5.41) is 6.32. The average molecular weight is 312 g/mol. The molecule has 0 saturated carbocycles. The van der Waals surface area contributed by atoms with Crippen LogP contribution in [0.3, 0.4) is 0 Å². The lowest BCUT2D eigenvalue weighted by molar-refractivity contribution is 0.0736. The van der Waals surface area contributed by atoms with Gasteiger partial charge in [-0.2, -0.15) is 4.98 Å². The van der Waals surface area contributed by atoms with E-state index in [0.29, 0.717) is 17.3 Å². The molecule has 7 heteroatoms. The van der Waals surface area contributed by atoms with Crippen LogP contribution in [0.5, 0.6) is 0 Å².